The van der Waals surface area contributed by atoms with Crippen LogP contribution in [0.4, 0.5) is 0 Å². The molecule has 0 aromatic carbocycles. The van der Waals surface area contributed by atoms with Gasteiger partial charge in [-0.3, -0.25) is 9.59 Å². The van der Waals surface area contributed by atoms with Crippen LogP contribution in [-0.2, 0) is 23.8 Å². The average Bonchev–Trinajstić information content (AvgIpc) is 3.16. The van der Waals surface area contributed by atoms with Gasteiger partial charge in [0.05, 0.1) is 26.4 Å². The van der Waals surface area contributed by atoms with Gasteiger partial charge in [0.15, 0.2) is 0 Å². The summed E-state index contributed by atoms with van der Waals surface area (Å²) in [4.78, 5) is 25.1. The Morgan fingerprint density at radius 2 is 0.792 bits per heavy atom. The van der Waals surface area contributed by atoms with Gasteiger partial charge in [0.25, 0.3) is 0 Å². The fourth-order valence-corrected chi connectivity index (χ4v) is 7.26. The summed E-state index contributed by atoms with van der Waals surface area (Å²) < 4.78 is 16.3. The Morgan fingerprint density at radius 3 is 1.17 bits per heavy atom. The average molecular weight is 752 g/mol. The van der Waals surface area contributed by atoms with Crippen molar-refractivity contribution >= 4 is 11.9 Å². The molecule has 1 N–H and O–H groups in total. The largest absolute Gasteiger partial charge is 0.460 e. The second-order valence-corrected chi connectivity index (χ2v) is 16.1. The first-order chi connectivity index (χ1) is 26.1. The molecule has 0 saturated carbocycles. The van der Waals surface area contributed by atoms with Crippen LogP contribution in [0.2, 0.25) is 0 Å². The highest BCUT2D eigenvalue weighted by Crippen LogP contribution is 2.17. The smallest absolute Gasteiger partial charge is 0.306 e. The highest BCUT2D eigenvalue weighted by molar-refractivity contribution is 5.76. The molecule has 53 heavy (non-hydrogen) atoms. The number of rotatable bonds is 45. The molecule has 0 bridgehead atoms. The van der Waals surface area contributed by atoms with Crippen molar-refractivity contribution in [2.75, 3.05) is 33.5 Å². The van der Waals surface area contributed by atoms with Crippen molar-refractivity contribution in [2.45, 2.75) is 258 Å². The van der Waals surface area contributed by atoms with Gasteiger partial charge >= 0.3 is 5.97 Å². The van der Waals surface area contributed by atoms with Crippen LogP contribution >= 0.6 is 0 Å². The summed E-state index contributed by atoms with van der Waals surface area (Å²) in [5.41, 5.74) is 0. The fourth-order valence-electron chi connectivity index (χ4n) is 7.26. The third-order valence-electron chi connectivity index (χ3n) is 10.8. The minimum absolute atomic E-state index is 0.0564. The summed E-state index contributed by atoms with van der Waals surface area (Å²) in [5, 5.41) is 2.98. The molecular formula is C47H93NO5. The Kier molecular flexibility index (Phi) is 44.3. The normalized spacial score (nSPS) is 12.0. The van der Waals surface area contributed by atoms with Crippen molar-refractivity contribution in [1.29, 1.82) is 0 Å². The monoisotopic (exact) mass is 752 g/mol. The number of unbranched alkanes of at least 4 members (excludes halogenated alkanes) is 32. The summed E-state index contributed by atoms with van der Waals surface area (Å²) in [6, 6.07) is 0. The Morgan fingerprint density at radius 1 is 0.434 bits per heavy atom. The second-order valence-electron chi connectivity index (χ2n) is 16.1. The molecule has 0 radical (unpaired) electrons. The lowest BCUT2D eigenvalue weighted by atomic mass is 10.0. The van der Waals surface area contributed by atoms with Crippen LogP contribution in [0.3, 0.4) is 0 Å². The molecule has 0 fully saturated rings. The maximum absolute atomic E-state index is 12.7. The molecule has 6 heteroatoms. The van der Waals surface area contributed by atoms with Gasteiger partial charge in [0, 0.05) is 20.0 Å². The van der Waals surface area contributed by atoms with Gasteiger partial charge in [0.1, 0.15) is 6.10 Å². The van der Waals surface area contributed by atoms with E-state index in [1.165, 1.54) is 193 Å². The Hall–Kier alpha value is -1.14. The quantitative estimate of drug-likeness (QED) is 0.0495. The van der Waals surface area contributed by atoms with E-state index in [4.69, 9.17) is 14.2 Å². The molecule has 0 spiro atoms. The van der Waals surface area contributed by atoms with Gasteiger partial charge in [-0.25, -0.2) is 0 Å². The lowest BCUT2D eigenvalue weighted by Crippen LogP contribution is -2.35. The maximum Gasteiger partial charge on any atom is 0.306 e. The first kappa shape index (κ1) is 51.9. The minimum Gasteiger partial charge on any atom is -0.460 e. The molecule has 316 valence electrons. The summed E-state index contributed by atoms with van der Waals surface area (Å²) in [6.07, 6.45) is 46.9. The van der Waals surface area contributed by atoms with Crippen LogP contribution in [0.15, 0.2) is 0 Å². The van der Waals surface area contributed by atoms with E-state index in [0.29, 0.717) is 39.2 Å². The maximum atomic E-state index is 12.7. The SMILES string of the molecule is CCCCCCCCCCCCCCCCCCCC(=O)OC(CCCCCCCCCCCCCCCCCCC)CNC(=O)CCOCCOC. The molecule has 0 aliphatic rings. The van der Waals surface area contributed by atoms with Crippen LogP contribution in [0.5, 0.6) is 0 Å². The van der Waals surface area contributed by atoms with Crippen molar-refractivity contribution in [3.05, 3.63) is 0 Å². The van der Waals surface area contributed by atoms with Crippen LogP contribution in [-0.4, -0.2) is 51.5 Å². The van der Waals surface area contributed by atoms with Crippen molar-refractivity contribution < 1.29 is 23.8 Å². The van der Waals surface area contributed by atoms with E-state index in [2.05, 4.69) is 19.2 Å². The minimum atomic E-state index is -0.247. The Balaban J connectivity index is 4.01. The first-order valence-electron chi connectivity index (χ1n) is 23.7. The summed E-state index contributed by atoms with van der Waals surface area (Å²) in [5.74, 6) is -0.167. The van der Waals surface area contributed by atoms with Crippen molar-refractivity contribution in [3.8, 4) is 0 Å². The first-order valence-corrected chi connectivity index (χ1v) is 23.7. The summed E-state index contributed by atoms with van der Waals surface area (Å²) >= 11 is 0. The number of hydrogen-bond donors (Lipinski definition) is 1. The molecule has 1 amide bonds. The molecule has 0 rings (SSSR count). The van der Waals surface area contributed by atoms with E-state index in [0.717, 1.165) is 32.1 Å². The molecule has 0 aliphatic heterocycles. The van der Waals surface area contributed by atoms with Gasteiger partial charge in [-0.2, -0.15) is 0 Å². The number of amides is 1. The molecule has 0 aromatic heterocycles. The second kappa shape index (κ2) is 45.3. The van der Waals surface area contributed by atoms with Crippen LogP contribution in [0.25, 0.3) is 0 Å². The third-order valence-corrected chi connectivity index (χ3v) is 10.8. The zero-order chi connectivity index (χ0) is 38.6. The standard InChI is InChI=1S/C47H93NO5/c1-4-6-8-10-12-14-16-18-20-22-24-26-28-30-32-34-36-38-45(44-48-46(49)40-41-52-43-42-51-3)53-47(50)39-37-35-33-31-29-27-25-23-21-19-17-15-13-11-9-7-5-2/h45H,4-44H2,1-3H3,(H,48,49). The predicted molar refractivity (Wildman–Crippen MR) is 228 cm³/mol. The van der Waals surface area contributed by atoms with Crippen molar-refractivity contribution in [3.63, 3.8) is 0 Å². The van der Waals surface area contributed by atoms with Gasteiger partial charge < -0.3 is 19.5 Å². The molecule has 0 heterocycles. The number of carbonyl (C=O) groups is 2. The third kappa shape index (κ3) is 43.5. The van der Waals surface area contributed by atoms with Gasteiger partial charge in [-0.1, -0.05) is 219 Å². The molecule has 0 aliphatic carbocycles. The van der Waals surface area contributed by atoms with E-state index < -0.39 is 0 Å². The highest BCUT2D eigenvalue weighted by atomic mass is 16.5. The number of carbonyl (C=O) groups excluding carboxylic acids is 2. The van der Waals surface area contributed by atoms with E-state index in [1.54, 1.807) is 7.11 Å². The Bertz CT molecular complexity index is 732. The summed E-state index contributed by atoms with van der Waals surface area (Å²) in [6.45, 7) is 6.35. The lowest BCUT2D eigenvalue weighted by Gasteiger charge is -2.19. The number of esters is 1. The highest BCUT2D eigenvalue weighted by Gasteiger charge is 2.16. The van der Waals surface area contributed by atoms with Gasteiger partial charge in [0.2, 0.25) is 5.91 Å². The number of ether oxygens (including phenoxy) is 3. The lowest BCUT2D eigenvalue weighted by molar-refractivity contribution is -0.150. The fraction of sp³-hybridized carbons (Fsp3) is 0.957. The number of hydrogen-bond acceptors (Lipinski definition) is 5. The van der Waals surface area contributed by atoms with Crippen molar-refractivity contribution in [1.82, 2.24) is 5.32 Å². The number of methoxy groups -OCH3 is 1. The molecule has 1 unspecified atom stereocenters. The summed E-state index contributed by atoms with van der Waals surface area (Å²) in [7, 11) is 1.64. The van der Waals surface area contributed by atoms with E-state index >= 15 is 0 Å². The number of nitrogens with one attached hydrogen (secondary N) is 1. The van der Waals surface area contributed by atoms with Gasteiger partial charge in [-0.05, 0) is 19.3 Å². The van der Waals surface area contributed by atoms with Crippen LogP contribution < -0.4 is 5.32 Å². The predicted octanol–water partition coefficient (Wildman–Crippen LogP) is 14.2. The molecule has 6 nitrogen and oxygen atoms in total. The molecule has 1 atom stereocenters. The van der Waals surface area contributed by atoms with Crippen LogP contribution in [0, 0.1) is 0 Å². The molecular weight excluding hydrogens is 659 g/mol. The molecule has 0 saturated heterocycles. The van der Waals surface area contributed by atoms with E-state index in [9.17, 15) is 9.59 Å². The van der Waals surface area contributed by atoms with Crippen LogP contribution in [0.1, 0.15) is 251 Å². The van der Waals surface area contributed by atoms with E-state index in [-0.39, 0.29) is 18.0 Å². The Labute approximate surface area is 331 Å². The molecule has 0 aromatic rings. The topological polar surface area (TPSA) is 73.9 Å². The zero-order valence-electron chi connectivity index (χ0n) is 36.1. The van der Waals surface area contributed by atoms with E-state index in [1.807, 2.05) is 0 Å². The van der Waals surface area contributed by atoms with Gasteiger partial charge in [-0.15, -0.1) is 0 Å². The van der Waals surface area contributed by atoms with Crippen molar-refractivity contribution in [2.24, 2.45) is 0 Å². The zero-order valence-corrected chi connectivity index (χ0v) is 36.1.